The Morgan fingerprint density at radius 3 is 1.24 bits per heavy atom. The molecule has 0 amide bonds. The second kappa shape index (κ2) is 10.5. The van der Waals surface area contributed by atoms with Crippen LogP contribution in [0.3, 0.4) is 0 Å². The molecule has 1 aliphatic rings. The molecule has 0 aliphatic carbocycles. The number of benzene rings is 5. The molecule has 0 unspecified atom stereocenters. The summed E-state index contributed by atoms with van der Waals surface area (Å²) in [6.45, 7) is -2.24. The van der Waals surface area contributed by atoms with E-state index in [1.54, 1.807) is 4.92 Å². The first-order valence-corrected chi connectivity index (χ1v) is 15.8. The van der Waals surface area contributed by atoms with Gasteiger partial charge < -0.3 is 9.80 Å². The first-order chi connectivity index (χ1) is 18.7. The number of para-hydroxylation sites is 2. The smallest absolute Gasteiger partial charge is 0.122 e. The summed E-state index contributed by atoms with van der Waals surface area (Å²) >= 11 is 0. The molecule has 0 fully saturated rings. The summed E-state index contributed by atoms with van der Waals surface area (Å²) in [6, 6.07) is 53.6. The van der Waals surface area contributed by atoms with E-state index in [2.05, 4.69) is 169 Å². The Hall–Kier alpha value is -3.78. The molecule has 2 radical (unpaired) electrons. The van der Waals surface area contributed by atoms with Gasteiger partial charge in [0.25, 0.3) is 0 Å². The molecule has 0 atom stereocenters. The maximum Gasteiger partial charge on any atom is 0.122 e. The van der Waals surface area contributed by atoms with Crippen molar-refractivity contribution in [1.29, 1.82) is 0 Å². The van der Waals surface area contributed by atoms with Crippen LogP contribution in [0.25, 0.3) is 0 Å². The third-order valence-electron chi connectivity index (χ3n) is 7.46. The Kier molecular flexibility index (Phi) is 6.80. The van der Waals surface area contributed by atoms with Crippen molar-refractivity contribution in [2.75, 3.05) is 23.9 Å². The van der Waals surface area contributed by atoms with Crippen LogP contribution >= 0.6 is 6.89 Å². The highest BCUT2D eigenvalue weighted by atomic mass is 31.2. The lowest BCUT2D eigenvalue weighted by atomic mass is 10.3. The Morgan fingerprint density at radius 2 is 0.842 bits per heavy atom. The molecule has 0 N–H and O–H groups in total. The van der Waals surface area contributed by atoms with Gasteiger partial charge in [0.05, 0.1) is 11.4 Å². The lowest BCUT2D eigenvalue weighted by Gasteiger charge is -2.40. The zero-order valence-electron chi connectivity index (χ0n) is 21.8. The minimum atomic E-state index is -2.24. The summed E-state index contributed by atoms with van der Waals surface area (Å²) in [5.41, 5.74) is 2.56. The van der Waals surface area contributed by atoms with Gasteiger partial charge in [-0.25, -0.2) is 0 Å². The van der Waals surface area contributed by atoms with Crippen LogP contribution in [0.15, 0.2) is 146 Å². The standard InChI is InChI=1S/C34H31N2PSi/c1-35-31-25-15-16-26-32(31)36(2)33(35)34(38-30-23-13-6-14-24-30)37(27-17-7-3-8-18-27,28-19-9-4-10-20-28)29-21-11-5-12-22-29/h3-26,33H,1-2H3. The number of fused-ring (bicyclic) bond motifs is 1. The van der Waals surface area contributed by atoms with Gasteiger partial charge in [0.2, 0.25) is 0 Å². The SMILES string of the molecule is CN1c2ccccc2N(C)C1C([Si]c1ccccc1)=P(c1ccccc1)(c1ccccc1)c1ccccc1. The maximum atomic E-state index is 2.49. The molecule has 0 saturated carbocycles. The first-order valence-electron chi connectivity index (χ1n) is 13.0. The quantitative estimate of drug-likeness (QED) is 0.226. The normalized spacial score (nSPS) is 13.4. The molecule has 5 aromatic rings. The van der Waals surface area contributed by atoms with Crippen LogP contribution in [-0.2, 0) is 0 Å². The van der Waals surface area contributed by atoms with Gasteiger partial charge in [-0.2, -0.15) is 0 Å². The van der Waals surface area contributed by atoms with Crippen molar-refractivity contribution in [2.24, 2.45) is 0 Å². The topological polar surface area (TPSA) is 6.48 Å². The summed E-state index contributed by atoms with van der Waals surface area (Å²) in [4.78, 5) is 6.54. The van der Waals surface area contributed by atoms with Crippen molar-refractivity contribution >= 4 is 53.8 Å². The van der Waals surface area contributed by atoms with E-state index in [1.807, 2.05) is 0 Å². The highest BCUT2D eigenvalue weighted by molar-refractivity contribution is 7.97. The fourth-order valence-corrected chi connectivity index (χ4v) is 13.4. The second-order valence-corrected chi connectivity index (χ2v) is 14.8. The molecule has 5 aromatic carbocycles. The number of hydrogen-bond donors (Lipinski definition) is 0. The van der Waals surface area contributed by atoms with Crippen LogP contribution in [0.4, 0.5) is 11.4 Å². The van der Waals surface area contributed by atoms with Crippen molar-refractivity contribution < 1.29 is 0 Å². The van der Waals surface area contributed by atoms with E-state index in [1.165, 1.54) is 32.5 Å². The van der Waals surface area contributed by atoms with Gasteiger partial charge in [-0.15, -0.1) is 0 Å². The average molecular weight is 527 g/mol. The van der Waals surface area contributed by atoms with Gasteiger partial charge in [0.1, 0.15) is 15.7 Å². The molecular formula is C34H31N2PSi. The summed E-state index contributed by atoms with van der Waals surface area (Å²) < 4.78 is 0. The highest BCUT2D eigenvalue weighted by Crippen LogP contribution is 2.49. The van der Waals surface area contributed by atoms with E-state index in [9.17, 15) is 0 Å². The van der Waals surface area contributed by atoms with Gasteiger partial charge in [0, 0.05) is 14.1 Å². The molecule has 1 heterocycles. The summed E-state index contributed by atoms with van der Waals surface area (Å²) in [5, 5.41) is 5.56. The second-order valence-electron chi connectivity index (χ2n) is 9.64. The van der Waals surface area contributed by atoms with Crippen LogP contribution in [-0.4, -0.2) is 34.7 Å². The van der Waals surface area contributed by atoms with Crippen LogP contribution in [0.5, 0.6) is 0 Å². The predicted molar refractivity (Wildman–Crippen MR) is 169 cm³/mol. The molecule has 186 valence electrons. The third-order valence-corrected chi connectivity index (χ3v) is 14.1. The summed E-state index contributed by atoms with van der Waals surface area (Å²) in [5.74, 6) is 0. The van der Waals surface area contributed by atoms with Crippen LogP contribution in [0, 0.1) is 0 Å². The lowest BCUT2D eigenvalue weighted by Crippen LogP contribution is -2.53. The fourth-order valence-electron chi connectivity index (χ4n) is 5.76. The number of nitrogens with zero attached hydrogens (tertiary/aromatic N) is 2. The average Bonchev–Trinajstić information content (AvgIpc) is 3.24. The summed E-state index contributed by atoms with van der Waals surface area (Å²) in [6.07, 6.45) is 0.111. The van der Waals surface area contributed by atoms with Crippen molar-refractivity contribution in [3.63, 3.8) is 0 Å². The predicted octanol–water partition coefficient (Wildman–Crippen LogP) is 5.05. The molecule has 0 saturated heterocycles. The van der Waals surface area contributed by atoms with Gasteiger partial charge in [-0.3, -0.25) is 0 Å². The van der Waals surface area contributed by atoms with Crippen LogP contribution in [0.1, 0.15) is 0 Å². The molecule has 1 aliphatic heterocycles. The van der Waals surface area contributed by atoms with E-state index < -0.39 is 6.89 Å². The zero-order chi connectivity index (χ0) is 26.0. The number of rotatable bonds is 6. The van der Waals surface area contributed by atoms with Gasteiger partial charge in [-0.05, 0) is 39.8 Å². The van der Waals surface area contributed by atoms with Gasteiger partial charge in [-0.1, -0.05) is 139 Å². The highest BCUT2D eigenvalue weighted by Gasteiger charge is 2.40. The van der Waals surface area contributed by atoms with E-state index in [0.29, 0.717) is 9.52 Å². The fraction of sp³-hybridized carbons (Fsp3) is 0.0882. The Balaban J connectivity index is 1.79. The minimum Gasteiger partial charge on any atom is -0.349 e. The van der Waals surface area contributed by atoms with Crippen molar-refractivity contribution in [1.82, 2.24) is 0 Å². The van der Waals surface area contributed by atoms with Crippen molar-refractivity contribution in [2.45, 2.75) is 6.17 Å². The Morgan fingerprint density at radius 1 is 0.500 bits per heavy atom. The van der Waals surface area contributed by atoms with E-state index in [4.69, 9.17) is 0 Å². The Labute approximate surface area is 229 Å². The molecule has 0 bridgehead atoms. The minimum absolute atomic E-state index is 0.111. The van der Waals surface area contributed by atoms with Gasteiger partial charge >= 0.3 is 0 Å². The van der Waals surface area contributed by atoms with Crippen molar-refractivity contribution in [3.05, 3.63) is 146 Å². The number of hydrogen-bond acceptors (Lipinski definition) is 2. The third kappa shape index (κ3) is 4.13. The van der Waals surface area contributed by atoms with Crippen LogP contribution in [0.2, 0.25) is 0 Å². The lowest BCUT2D eigenvalue weighted by molar-refractivity contribution is 0.824. The summed E-state index contributed by atoms with van der Waals surface area (Å²) in [7, 11) is 5.06. The molecule has 0 spiro atoms. The Bertz CT molecular complexity index is 1440. The van der Waals surface area contributed by atoms with Crippen LogP contribution < -0.4 is 30.9 Å². The van der Waals surface area contributed by atoms with E-state index in [0.717, 1.165) is 0 Å². The first kappa shape index (κ1) is 24.5. The van der Waals surface area contributed by atoms with E-state index in [-0.39, 0.29) is 6.17 Å². The van der Waals surface area contributed by atoms with Gasteiger partial charge in [0.15, 0.2) is 0 Å². The molecule has 4 heteroatoms. The van der Waals surface area contributed by atoms with Crippen molar-refractivity contribution in [3.8, 4) is 0 Å². The maximum absolute atomic E-state index is 2.49. The van der Waals surface area contributed by atoms with E-state index >= 15 is 0 Å². The molecule has 0 aromatic heterocycles. The largest absolute Gasteiger partial charge is 0.349 e. The molecule has 2 nitrogen and oxygen atoms in total. The number of anilines is 2. The molecular weight excluding hydrogens is 495 g/mol. The molecule has 38 heavy (non-hydrogen) atoms. The molecule has 6 rings (SSSR count). The monoisotopic (exact) mass is 526 g/mol. The zero-order valence-corrected chi connectivity index (χ0v) is 23.7.